The van der Waals surface area contributed by atoms with E-state index in [4.69, 9.17) is 0 Å². The lowest BCUT2D eigenvalue weighted by atomic mass is 9.78. The zero-order chi connectivity index (χ0) is 15.1. The molecule has 110 valence electrons. The second-order valence-electron chi connectivity index (χ2n) is 5.13. The van der Waals surface area contributed by atoms with Crippen LogP contribution in [0.25, 0.3) is 0 Å². The van der Waals surface area contributed by atoms with Gasteiger partial charge in [-0.1, -0.05) is 12.8 Å². The van der Waals surface area contributed by atoms with E-state index in [0.717, 1.165) is 6.26 Å². The van der Waals surface area contributed by atoms with Gasteiger partial charge >= 0.3 is 5.97 Å². The summed E-state index contributed by atoms with van der Waals surface area (Å²) in [5.41, 5.74) is -1.73. The van der Waals surface area contributed by atoms with Crippen molar-refractivity contribution in [2.45, 2.75) is 36.0 Å². The Kier molecular flexibility index (Phi) is 3.58. The SMILES string of the molecule is CS(=O)(=O)c1cc(F)c(C2(C(=O)O)CCCC2)cc1F. The van der Waals surface area contributed by atoms with Gasteiger partial charge in [-0.2, -0.15) is 0 Å². The number of rotatable bonds is 3. The maximum absolute atomic E-state index is 14.1. The largest absolute Gasteiger partial charge is 0.481 e. The van der Waals surface area contributed by atoms with E-state index in [1.54, 1.807) is 0 Å². The fourth-order valence-electron chi connectivity index (χ4n) is 2.76. The highest BCUT2D eigenvalue weighted by Crippen LogP contribution is 2.43. The van der Waals surface area contributed by atoms with Crippen LogP contribution in [-0.2, 0) is 20.0 Å². The molecule has 0 heterocycles. The molecule has 1 aliphatic rings. The molecule has 20 heavy (non-hydrogen) atoms. The monoisotopic (exact) mass is 304 g/mol. The van der Waals surface area contributed by atoms with Crippen molar-refractivity contribution in [3.05, 3.63) is 29.3 Å². The number of hydrogen-bond acceptors (Lipinski definition) is 3. The summed E-state index contributed by atoms with van der Waals surface area (Å²) in [6.45, 7) is 0. The molecule has 1 aromatic carbocycles. The molecule has 1 aliphatic carbocycles. The maximum Gasteiger partial charge on any atom is 0.314 e. The van der Waals surface area contributed by atoms with Gasteiger partial charge in [0.2, 0.25) is 0 Å². The zero-order valence-corrected chi connectivity index (χ0v) is 11.6. The summed E-state index contributed by atoms with van der Waals surface area (Å²) in [7, 11) is -3.90. The van der Waals surface area contributed by atoms with Gasteiger partial charge in [0.05, 0.1) is 5.41 Å². The first-order valence-electron chi connectivity index (χ1n) is 6.11. The third-order valence-electron chi connectivity index (χ3n) is 3.80. The van der Waals surface area contributed by atoms with Gasteiger partial charge in [-0.15, -0.1) is 0 Å². The Hall–Kier alpha value is -1.50. The quantitative estimate of drug-likeness (QED) is 0.930. The fraction of sp³-hybridized carbons (Fsp3) is 0.462. The smallest absolute Gasteiger partial charge is 0.314 e. The zero-order valence-electron chi connectivity index (χ0n) is 10.8. The highest BCUT2D eigenvalue weighted by molar-refractivity contribution is 7.90. The van der Waals surface area contributed by atoms with Crippen molar-refractivity contribution < 1.29 is 27.1 Å². The van der Waals surface area contributed by atoms with Crippen LogP contribution in [0.3, 0.4) is 0 Å². The minimum Gasteiger partial charge on any atom is -0.481 e. The average Bonchev–Trinajstić information content (AvgIpc) is 2.80. The normalized spacial score (nSPS) is 18.1. The third-order valence-corrected chi connectivity index (χ3v) is 4.91. The third kappa shape index (κ3) is 2.30. The highest BCUT2D eigenvalue weighted by atomic mass is 32.2. The Bertz CT molecular complexity index is 661. The van der Waals surface area contributed by atoms with E-state index in [2.05, 4.69) is 0 Å². The van der Waals surface area contributed by atoms with E-state index >= 15 is 0 Å². The van der Waals surface area contributed by atoms with E-state index < -0.39 is 37.8 Å². The summed E-state index contributed by atoms with van der Waals surface area (Å²) in [5, 5.41) is 9.35. The van der Waals surface area contributed by atoms with Gasteiger partial charge in [0.15, 0.2) is 9.84 Å². The van der Waals surface area contributed by atoms with Crippen LogP contribution in [0.15, 0.2) is 17.0 Å². The van der Waals surface area contributed by atoms with Crippen molar-refractivity contribution in [2.75, 3.05) is 6.26 Å². The topological polar surface area (TPSA) is 71.4 Å². The fourth-order valence-corrected chi connectivity index (χ4v) is 3.49. The Morgan fingerprint density at radius 2 is 1.75 bits per heavy atom. The van der Waals surface area contributed by atoms with E-state index in [1.807, 2.05) is 0 Å². The molecule has 1 fully saturated rings. The van der Waals surface area contributed by atoms with Crippen LogP contribution in [0.2, 0.25) is 0 Å². The molecule has 0 amide bonds. The molecule has 0 saturated heterocycles. The van der Waals surface area contributed by atoms with Crippen molar-refractivity contribution in [2.24, 2.45) is 0 Å². The minimum absolute atomic E-state index is 0.219. The van der Waals surface area contributed by atoms with Crippen LogP contribution >= 0.6 is 0 Å². The predicted octanol–water partition coefficient (Wildman–Crippen LogP) is 2.26. The minimum atomic E-state index is -3.90. The lowest BCUT2D eigenvalue weighted by Gasteiger charge is -2.25. The van der Waals surface area contributed by atoms with E-state index in [9.17, 15) is 27.1 Å². The summed E-state index contributed by atoms with van der Waals surface area (Å²) < 4.78 is 50.7. The number of carbonyl (C=O) groups is 1. The number of hydrogen-bond donors (Lipinski definition) is 1. The Morgan fingerprint density at radius 3 is 2.20 bits per heavy atom. The molecule has 1 saturated carbocycles. The van der Waals surface area contributed by atoms with Gasteiger partial charge in [0.25, 0.3) is 0 Å². The lowest BCUT2D eigenvalue weighted by molar-refractivity contribution is -0.143. The standard InChI is InChI=1S/C13H14F2O4S/c1-20(18,19)11-7-9(14)8(6-10(11)15)13(12(16)17)4-2-3-5-13/h6-7H,2-5H2,1H3,(H,16,17). The molecule has 4 nitrogen and oxygen atoms in total. The van der Waals surface area contributed by atoms with Crippen molar-refractivity contribution in [3.8, 4) is 0 Å². The number of halogens is 2. The maximum atomic E-state index is 14.1. The predicted molar refractivity (Wildman–Crippen MR) is 67.2 cm³/mol. The summed E-state index contributed by atoms with van der Waals surface area (Å²) in [5.74, 6) is -3.31. The summed E-state index contributed by atoms with van der Waals surface area (Å²) in [6.07, 6.45) is 2.43. The number of sulfone groups is 1. The second kappa shape index (κ2) is 4.80. The molecule has 1 N–H and O–H groups in total. The molecule has 0 bridgehead atoms. The van der Waals surface area contributed by atoms with Crippen LogP contribution < -0.4 is 0 Å². The molecule has 0 unspecified atom stereocenters. The molecule has 0 spiro atoms. The van der Waals surface area contributed by atoms with Gasteiger partial charge < -0.3 is 5.11 Å². The van der Waals surface area contributed by atoms with Crippen molar-refractivity contribution in [1.29, 1.82) is 0 Å². The number of carboxylic acid groups (broad SMARTS) is 1. The van der Waals surface area contributed by atoms with Crippen molar-refractivity contribution in [3.63, 3.8) is 0 Å². The van der Waals surface area contributed by atoms with Gasteiger partial charge in [-0.25, -0.2) is 17.2 Å². The number of aliphatic carboxylic acids is 1. The van der Waals surface area contributed by atoms with E-state index in [0.29, 0.717) is 25.0 Å². The summed E-state index contributed by atoms with van der Waals surface area (Å²) >= 11 is 0. The van der Waals surface area contributed by atoms with Crippen LogP contribution in [0.4, 0.5) is 8.78 Å². The summed E-state index contributed by atoms with van der Waals surface area (Å²) in [4.78, 5) is 10.7. The van der Waals surface area contributed by atoms with Crippen molar-refractivity contribution >= 4 is 15.8 Å². The van der Waals surface area contributed by atoms with Gasteiger partial charge in [-0.05, 0) is 25.0 Å². The second-order valence-corrected chi connectivity index (χ2v) is 7.11. The molecular formula is C13H14F2O4S. The first kappa shape index (κ1) is 14.9. The molecule has 0 aromatic heterocycles. The van der Waals surface area contributed by atoms with Crippen LogP contribution in [-0.4, -0.2) is 25.7 Å². The molecule has 2 rings (SSSR count). The van der Waals surface area contributed by atoms with Crippen LogP contribution in [0.1, 0.15) is 31.2 Å². The van der Waals surface area contributed by atoms with Gasteiger partial charge in [0.1, 0.15) is 16.5 Å². The highest BCUT2D eigenvalue weighted by Gasteiger charge is 2.45. The molecule has 1 aromatic rings. The van der Waals surface area contributed by atoms with E-state index in [1.165, 1.54) is 0 Å². The molecule has 0 radical (unpaired) electrons. The molecule has 0 aliphatic heterocycles. The average molecular weight is 304 g/mol. The Balaban J connectivity index is 2.65. The van der Waals surface area contributed by atoms with E-state index in [-0.39, 0.29) is 18.4 Å². The van der Waals surface area contributed by atoms with Gasteiger partial charge in [0, 0.05) is 11.8 Å². The lowest BCUT2D eigenvalue weighted by Crippen LogP contribution is -2.34. The van der Waals surface area contributed by atoms with Crippen LogP contribution in [0.5, 0.6) is 0 Å². The van der Waals surface area contributed by atoms with Crippen molar-refractivity contribution in [1.82, 2.24) is 0 Å². The number of benzene rings is 1. The molecule has 7 heteroatoms. The number of carboxylic acids is 1. The Morgan fingerprint density at radius 1 is 1.20 bits per heavy atom. The Labute approximate surface area is 115 Å². The van der Waals surface area contributed by atoms with Crippen LogP contribution in [0, 0.1) is 11.6 Å². The summed E-state index contributed by atoms with van der Waals surface area (Å²) in [6, 6.07) is 1.29. The first-order chi connectivity index (χ1) is 9.18. The van der Waals surface area contributed by atoms with Gasteiger partial charge in [-0.3, -0.25) is 4.79 Å². The molecular weight excluding hydrogens is 290 g/mol. The first-order valence-corrected chi connectivity index (χ1v) is 8.00. The molecule has 0 atom stereocenters.